The molecule has 0 spiro atoms. The fraction of sp³-hybridized carbons (Fsp3) is 0.765. The maximum atomic E-state index is 11.3. The quantitative estimate of drug-likeness (QED) is 0.645. The Balaban J connectivity index is 2.44. The predicted molar refractivity (Wildman–Crippen MR) is 84.1 cm³/mol. The van der Waals surface area contributed by atoms with Gasteiger partial charge in [-0.1, -0.05) is 20.8 Å². The van der Waals surface area contributed by atoms with E-state index < -0.39 is 5.97 Å². The van der Waals surface area contributed by atoms with Crippen molar-refractivity contribution in [3.8, 4) is 0 Å². The molecule has 1 aromatic heterocycles. The minimum atomic E-state index is -0.672. The van der Waals surface area contributed by atoms with E-state index in [4.69, 9.17) is 0 Å². The minimum absolute atomic E-state index is 0.103. The van der Waals surface area contributed by atoms with Gasteiger partial charge in [-0.2, -0.15) is 0 Å². The Morgan fingerprint density at radius 2 is 1.81 bits per heavy atom. The Bertz CT molecular complexity index is 464. The second-order valence-electron chi connectivity index (χ2n) is 7.98. The zero-order valence-corrected chi connectivity index (χ0v) is 14.4. The van der Waals surface area contributed by atoms with E-state index in [2.05, 4.69) is 48.6 Å². The number of aryl methyl sites for hydroxylation is 1. The molecule has 1 atom stereocenters. The fourth-order valence-corrected chi connectivity index (χ4v) is 2.49. The van der Waals surface area contributed by atoms with Crippen LogP contribution in [0, 0.1) is 11.3 Å². The predicted octanol–water partition coefficient (Wildman–Crippen LogP) is 3.45. The summed E-state index contributed by atoms with van der Waals surface area (Å²) in [5, 5.41) is 9.31. The number of carboxylic acids is 1. The monoisotopic (exact) mass is 295 g/mol. The van der Waals surface area contributed by atoms with Crippen molar-refractivity contribution < 1.29 is 14.5 Å². The highest BCUT2D eigenvalue weighted by atomic mass is 16.4. The Kier molecular flexibility index (Phi) is 5.60. The topological polar surface area (TPSA) is 46.1 Å². The number of carbonyl (C=O) groups is 1. The van der Waals surface area contributed by atoms with Gasteiger partial charge in [0.1, 0.15) is 17.9 Å². The molecule has 4 nitrogen and oxygen atoms in total. The average molecular weight is 295 g/mol. The van der Waals surface area contributed by atoms with Crippen molar-refractivity contribution in [2.75, 3.05) is 0 Å². The van der Waals surface area contributed by atoms with Crippen LogP contribution in [0.25, 0.3) is 0 Å². The zero-order valence-electron chi connectivity index (χ0n) is 14.4. The highest BCUT2D eigenvalue weighted by molar-refractivity contribution is 5.70. The first-order chi connectivity index (χ1) is 9.51. The molecule has 1 unspecified atom stereocenters. The second kappa shape index (κ2) is 6.63. The molecule has 1 heterocycles. The van der Waals surface area contributed by atoms with Crippen LogP contribution in [0.15, 0.2) is 18.7 Å². The first-order valence-corrected chi connectivity index (χ1v) is 7.82. The molecule has 0 aliphatic heterocycles. The summed E-state index contributed by atoms with van der Waals surface area (Å²) in [6, 6.07) is 0. The van der Waals surface area contributed by atoms with E-state index in [1.165, 1.54) is 0 Å². The summed E-state index contributed by atoms with van der Waals surface area (Å²) in [6.45, 7) is 13.5. The van der Waals surface area contributed by atoms with Crippen LogP contribution in [-0.2, 0) is 16.9 Å². The number of aliphatic carboxylic acids is 1. The first-order valence-electron chi connectivity index (χ1n) is 7.82. The molecule has 0 fully saturated rings. The summed E-state index contributed by atoms with van der Waals surface area (Å²) in [5.74, 6) is -0.935. The molecule has 1 aromatic rings. The number of nitrogens with zero attached hydrogens (tertiary/aromatic N) is 2. The number of imidazole rings is 1. The smallest absolute Gasteiger partial charge is 0.307 e. The molecule has 0 aliphatic carbocycles. The van der Waals surface area contributed by atoms with Gasteiger partial charge in [0.15, 0.2) is 0 Å². The molecule has 1 N–H and O–H groups in total. The van der Waals surface area contributed by atoms with Crippen molar-refractivity contribution in [2.45, 2.75) is 72.9 Å². The molecule has 4 heteroatoms. The summed E-state index contributed by atoms with van der Waals surface area (Å²) in [4.78, 5) is 11.3. The molecule has 0 saturated heterocycles. The molecule has 0 aromatic carbocycles. The summed E-state index contributed by atoms with van der Waals surface area (Å²) in [5.41, 5.74) is -0.0690. The van der Waals surface area contributed by atoms with Crippen LogP contribution >= 0.6 is 0 Å². The molecule has 120 valence electrons. The molecular formula is C17H31N2O2+. The molecule has 0 amide bonds. The van der Waals surface area contributed by atoms with Crippen LogP contribution in [0.2, 0.25) is 0 Å². The third-order valence-corrected chi connectivity index (χ3v) is 3.97. The normalized spacial score (nSPS) is 14.2. The Hall–Kier alpha value is -1.32. The number of rotatable bonds is 6. The van der Waals surface area contributed by atoms with Crippen molar-refractivity contribution >= 4 is 5.97 Å². The van der Waals surface area contributed by atoms with Crippen molar-refractivity contribution in [2.24, 2.45) is 11.3 Å². The lowest BCUT2D eigenvalue weighted by atomic mass is 9.78. The van der Waals surface area contributed by atoms with Crippen LogP contribution < -0.4 is 4.57 Å². The number of hydrogen-bond donors (Lipinski definition) is 1. The number of unbranched alkanes of at least 4 members (excludes halogenated alkanes) is 1. The second-order valence-corrected chi connectivity index (χ2v) is 7.98. The van der Waals surface area contributed by atoms with E-state index in [0.29, 0.717) is 0 Å². The van der Waals surface area contributed by atoms with E-state index >= 15 is 0 Å². The van der Waals surface area contributed by atoms with Gasteiger partial charge in [-0.3, -0.25) is 4.79 Å². The minimum Gasteiger partial charge on any atom is -0.481 e. The Morgan fingerprint density at radius 3 is 2.24 bits per heavy atom. The largest absolute Gasteiger partial charge is 0.481 e. The van der Waals surface area contributed by atoms with Gasteiger partial charge in [0.05, 0.1) is 12.5 Å². The van der Waals surface area contributed by atoms with Gasteiger partial charge in [0.2, 0.25) is 6.33 Å². The molecule has 0 aliphatic rings. The highest BCUT2D eigenvalue weighted by Gasteiger charge is 2.30. The summed E-state index contributed by atoms with van der Waals surface area (Å²) < 4.78 is 4.38. The van der Waals surface area contributed by atoms with Crippen LogP contribution in [0.5, 0.6) is 0 Å². The van der Waals surface area contributed by atoms with Crippen molar-refractivity contribution in [1.29, 1.82) is 0 Å². The number of carboxylic acid groups (broad SMARTS) is 1. The van der Waals surface area contributed by atoms with Gasteiger partial charge in [0.25, 0.3) is 0 Å². The molecule has 0 saturated carbocycles. The fourth-order valence-electron chi connectivity index (χ4n) is 2.49. The van der Waals surface area contributed by atoms with E-state index in [9.17, 15) is 9.90 Å². The lowest BCUT2D eigenvalue weighted by molar-refractivity contribution is -0.697. The Morgan fingerprint density at radius 1 is 1.19 bits per heavy atom. The zero-order chi connectivity index (χ0) is 16.3. The third-order valence-electron chi connectivity index (χ3n) is 3.97. The SMILES string of the molecule is CC(C)(C)C(CCCC[n+]1ccn(C(C)(C)C)c1)C(=O)O. The van der Waals surface area contributed by atoms with Gasteiger partial charge in [0, 0.05) is 0 Å². The molecule has 0 radical (unpaired) electrons. The third kappa shape index (κ3) is 5.52. The van der Waals surface area contributed by atoms with Crippen molar-refractivity contribution in [1.82, 2.24) is 4.57 Å². The number of hydrogen-bond acceptors (Lipinski definition) is 1. The van der Waals surface area contributed by atoms with Crippen LogP contribution in [0.4, 0.5) is 0 Å². The summed E-state index contributed by atoms with van der Waals surface area (Å²) in [6.07, 6.45) is 9.01. The van der Waals surface area contributed by atoms with E-state index in [0.717, 1.165) is 25.8 Å². The number of aromatic nitrogens is 2. The van der Waals surface area contributed by atoms with Gasteiger partial charge in [-0.25, -0.2) is 9.13 Å². The van der Waals surface area contributed by atoms with E-state index in [-0.39, 0.29) is 16.9 Å². The van der Waals surface area contributed by atoms with Gasteiger partial charge in [-0.05, 0) is 45.4 Å². The van der Waals surface area contributed by atoms with Crippen molar-refractivity contribution in [3.05, 3.63) is 18.7 Å². The maximum absolute atomic E-state index is 11.3. The van der Waals surface area contributed by atoms with Gasteiger partial charge in [-0.15, -0.1) is 0 Å². The standard InChI is InChI=1S/C17H30N2O2/c1-16(2,3)14(15(20)21)9-7-8-10-18-11-12-19(13-18)17(4,5)6/h11-14H,7-10H2,1-6H3/p+1. The van der Waals surface area contributed by atoms with E-state index in [1.54, 1.807) is 0 Å². The molecule has 21 heavy (non-hydrogen) atoms. The first kappa shape index (κ1) is 17.7. The summed E-state index contributed by atoms with van der Waals surface area (Å²) in [7, 11) is 0. The maximum Gasteiger partial charge on any atom is 0.307 e. The van der Waals surface area contributed by atoms with E-state index in [1.807, 2.05) is 20.8 Å². The average Bonchev–Trinajstić information content (AvgIpc) is 2.74. The molecule has 1 rings (SSSR count). The van der Waals surface area contributed by atoms with Gasteiger partial charge >= 0.3 is 5.97 Å². The van der Waals surface area contributed by atoms with Crippen LogP contribution in [0.3, 0.4) is 0 Å². The van der Waals surface area contributed by atoms with Crippen molar-refractivity contribution in [3.63, 3.8) is 0 Å². The lowest BCUT2D eigenvalue weighted by Gasteiger charge is -2.26. The Labute approximate surface area is 128 Å². The van der Waals surface area contributed by atoms with Gasteiger partial charge < -0.3 is 5.11 Å². The lowest BCUT2D eigenvalue weighted by Crippen LogP contribution is -2.33. The molecule has 0 bridgehead atoms. The van der Waals surface area contributed by atoms with Crippen LogP contribution in [0.1, 0.15) is 60.8 Å². The molecular weight excluding hydrogens is 264 g/mol. The summed E-state index contributed by atoms with van der Waals surface area (Å²) >= 11 is 0. The highest BCUT2D eigenvalue weighted by Crippen LogP contribution is 2.30. The van der Waals surface area contributed by atoms with Crippen LogP contribution in [-0.4, -0.2) is 15.6 Å².